The fraction of sp³-hybridized carbons (Fsp3) is 0.543. The molecule has 9 rings (SSSR count). The Kier molecular flexibility index (Phi) is 5.13. The molecule has 2 aromatic carbocycles. The summed E-state index contributed by atoms with van der Waals surface area (Å²) in [5.74, 6) is -2.15. The van der Waals surface area contributed by atoms with Gasteiger partial charge in [-0.3, -0.25) is 4.90 Å². The lowest BCUT2D eigenvalue weighted by Gasteiger charge is -2.64. The van der Waals surface area contributed by atoms with E-state index in [-0.39, 0.29) is 47.5 Å². The fourth-order valence-electron chi connectivity index (χ4n) is 12.4. The summed E-state index contributed by atoms with van der Waals surface area (Å²) in [6.45, 7) is 6.61. The lowest BCUT2D eigenvalue weighted by Crippen LogP contribution is -2.71. The zero-order chi connectivity index (χ0) is 29.6. The van der Waals surface area contributed by atoms with Crippen LogP contribution in [0.3, 0.4) is 0 Å². The minimum atomic E-state index is -1.09. The third-order valence-electron chi connectivity index (χ3n) is 13.0. The Balaban J connectivity index is 1.23. The number of rotatable bonds is 4. The Morgan fingerprint density at radius 3 is 2.14 bits per heavy atom. The van der Waals surface area contributed by atoms with Crippen LogP contribution in [0.15, 0.2) is 72.8 Å². The molecule has 0 radical (unpaired) electrons. The zero-order valence-electron chi connectivity index (χ0n) is 24.3. The van der Waals surface area contributed by atoms with Gasteiger partial charge in [-0.15, -0.1) is 0 Å². The number of carbonyl (C=O) groups is 2. The van der Waals surface area contributed by atoms with Gasteiger partial charge < -0.3 is 24.4 Å². The van der Waals surface area contributed by atoms with E-state index in [0.29, 0.717) is 24.0 Å². The van der Waals surface area contributed by atoms with Crippen molar-refractivity contribution in [2.24, 2.45) is 39.9 Å². The standard InChI is InChI=1S/C35H37NO7/c1-17-14-34-22-24(42-30(39)18-10-6-4-7-11-18)26-33(2)15-20-16-35(26,28(22)36(3)32(33)41-20)27(34)25(23(37)21(17)29(34)38)43-31(40)19-12-8-5-9-13-19/h4-13,20-29,32,37-38H,1,14-16H2,2-3H3. The predicted octanol–water partition coefficient (Wildman–Crippen LogP) is 3.44. The summed E-state index contributed by atoms with van der Waals surface area (Å²) in [6, 6.07) is 17.9. The van der Waals surface area contributed by atoms with E-state index in [4.69, 9.17) is 14.2 Å². The minimum Gasteiger partial charge on any atom is -0.458 e. The SMILES string of the molecule is C=C1CC23C(O)C1C(O)C(OC(=O)c1ccccc1)C2C12CC4CC5(C)C(O4)N(C)C1C3C(OC(=O)c1ccccc1)C52. The van der Waals surface area contributed by atoms with Crippen LogP contribution in [-0.2, 0) is 14.2 Å². The summed E-state index contributed by atoms with van der Waals surface area (Å²) in [7, 11) is 2.10. The number of likely N-dealkylation sites (tertiary alicyclic amines) is 1. The van der Waals surface area contributed by atoms with E-state index in [2.05, 4.69) is 25.5 Å². The smallest absolute Gasteiger partial charge is 0.338 e. The van der Waals surface area contributed by atoms with Gasteiger partial charge in [-0.05, 0) is 50.6 Å². The number of hydrogen-bond donors (Lipinski definition) is 2. The Morgan fingerprint density at radius 1 is 0.907 bits per heavy atom. The normalized spacial score (nSPS) is 49.7. The van der Waals surface area contributed by atoms with Crippen molar-refractivity contribution in [1.82, 2.24) is 4.90 Å². The average Bonchev–Trinajstić information content (AvgIpc) is 3.55. The number of aliphatic hydroxyl groups is 2. The zero-order valence-corrected chi connectivity index (χ0v) is 24.3. The van der Waals surface area contributed by atoms with Crippen LogP contribution in [0.2, 0.25) is 0 Å². The van der Waals surface area contributed by atoms with Gasteiger partial charge in [0.05, 0.1) is 23.3 Å². The van der Waals surface area contributed by atoms with Crippen LogP contribution in [0.25, 0.3) is 0 Å². The van der Waals surface area contributed by atoms with E-state index in [9.17, 15) is 19.8 Å². The summed E-state index contributed by atoms with van der Waals surface area (Å²) in [6.07, 6.45) is -1.38. The van der Waals surface area contributed by atoms with Crippen LogP contribution in [0.1, 0.15) is 46.9 Å². The molecule has 2 spiro atoms. The summed E-state index contributed by atoms with van der Waals surface area (Å²) < 4.78 is 19.7. The van der Waals surface area contributed by atoms with Gasteiger partial charge in [0.25, 0.3) is 0 Å². The molecule has 8 heteroatoms. The Labute approximate surface area is 250 Å². The van der Waals surface area contributed by atoms with Crippen LogP contribution in [-0.4, -0.2) is 76.9 Å². The summed E-state index contributed by atoms with van der Waals surface area (Å²) >= 11 is 0. The molecule has 2 N–H and O–H groups in total. The van der Waals surface area contributed by atoms with Gasteiger partial charge in [-0.25, -0.2) is 9.59 Å². The number of fused-ring (bicyclic) bond motifs is 2. The third kappa shape index (κ3) is 2.88. The maximum Gasteiger partial charge on any atom is 0.338 e. The molecule has 2 heterocycles. The molecule has 0 aromatic heterocycles. The molecule has 8 nitrogen and oxygen atoms in total. The second-order valence-corrected chi connectivity index (χ2v) is 14.6. The molecule has 14 unspecified atom stereocenters. The van der Waals surface area contributed by atoms with Crippen molar-refractivity contribution >= 4 is 11.9 Å². The van der Waals surface area contributed by atoms with E-state index in [0.717, 1.165) is 12.0 Å². The van der Waals surface area contributed by atoms with Crippen LogP contribution in [0, 0.1) is 39.9 Å². The topological polar surface area (TPSA) is 106 Å². The number of esters is 2. The molecule has 5 aliphatic carbocycles. The fourth-order valence-corrected chi connectivity index (χ4v) is 12.4. The van der Waals surface area contributed by atoms with Crippen molar-refractivity contribution in [2.45, 2.75) is 69.0 Å². The van der Waals surface area contributed by atoms with Crippen molar-refractivity contribution in [3.05, 3.63) is 83.9 Å². The van der Waals surface area contributed by atoms with E-state index in [1.165, 1.54) is 0 Å². The molecular formula is C35H37NO7. The number of benzene rings is 2. The highest BCUT2D eigenvalue weighted by molar-refractivity contribution is 5.90. The monoisotopic (exact) mass is 583 g/mol. The van der Waals surface area contributed by atoms with Gasteiger partial charge in [0.2, 0.25) is 0 Å². The molecule has 224 valence electrons. The molecule has 2 aromatic rings. The molecule has 5 saturated carbocycles. The maximum absolute atomic E-state index is 13.7. The van der Waals surface area contributed by atoms with Crippen LogP contribution >= 0.6 is 0 Å². The van der Waals surface area contributed by atoms with E-state index in [1.807, 2.05) is 24.3 Å². The second-order valence-electron chi connectivity index (χ2n) is 14.6. The lowest BCUT2D eigenvalue weighted by molar-refractivity contribution is -0.251. The Bertz CT molecular complexity index is 1550. The predicted molar refractivity (Wildman–Crippen MR) is 153 cm³/mol. The van der Waals surface area contributed by atoms with Crippen LogP contribution in [0.4, 0.5) is 0 Å². The van der Waals surface area contributed by atoms with E-state index in [1.54, 1.807) is 36.4 Å². The van der Waals surface area contributed by atoms with Crippen molar-refractivity contribution in [1.29, 1.82) is 0 Å². The maximum atomic E-state index is 13.7. The summed E-state index contributed by atoms with van der Waals surface area (Å²) in [5.41, 5.74) is 0.103. The van der Waals surface area contributed by atoms with Gasteiger partial charge in [-0.2, -0.15) is 0 Å². The first-order chi connectivity index (χ1) is 20.6. The van der Waals surface area contributed by atoms with Gasteiger partial charge in [-0.1, -0.05) is 55.5 Å². The number of nitrogens with zero attached hydrogens (tertiary/aromatic N) is 1. The van der Waals surface area contributed by atoms with Crippen molar-refractivity contribution < 1.29 is 34.0 Å². The first-order valence-corrected chi connectivity index (χ1v) is 15.6. The summed E-state index contributed by atoms with van der Waals surface area (Å²) in [5, 5.41) is 24.2. The molecule has 7 aliphatic rings. The number of ether oxygens (including phenoxy) is 3. The van der Waals surface area contributed by atoms with Gasteiger partial charge in [0.1, 0.15) is 24.5 Å². The second kappa shape index (κ2) is 8.36. The minimum absolute atomic E-state index is 0.000151. The van der Waals surface area contributed by atoms with Crippen LogP contribution < -0.4 is 0 Å². The first-order valence-electron chi connectivity index (χ1n) is 15.6. The van der Waals surface area contributed by atoms with Gasteiger partial charge in [0.15, 0.2) is 0 Å². The van der Waals surface area contributed by atoms with E-state index < -0.39 is 47.1 Å². The highest BCUT2D eigenvalue weighted by Crippen LogP contribution is 2.86. The number of hydrogen-bond acceptors (Lipinski definition) is 8. The highest BCUT2D eigenvalue weighted by atomic mass is 16.6. The van der Waals surface area contributed by atoms with Crippen molar-refractivity contribution in [3.63, 3.8) is 0 Å². The molecule has 0 amide bonds. The number of piperidine rings is 1. The highest BCUT2D eigenvalue weighted by Gasteiger charge is 2.92. The largest absolute Gasteiger partial charge is 0.458 e. The molecule has 43 heavy (non-hydrogen) atoms. The molecule has 2 saturated heterocycles. The number of carbonyl (C=O) groups excluding carboxylic acids is 2. The van der Waals surface area contributed by atoms with Crippen LogP contribution in [0.5, 0.6) is 0 Å². The Hall–Kier alpha value is -3.04. The summed E-state index contributed by atoms with van der Waals surface area (Å²) in [4.78, 5) is 29.7. The molecular weight excluding hydrogens is 546 g/mol. The van der Waals surface area contributed by atoms with Crippen molar-refractivity contribution in [3.8, 4) is 0 Å². The van der Waals surface area contributed by atoms with Gasteiger partial charge in [0, 0.05) is 46.0 Å². The Morgan fingerprint density at radius 2 is 1.51 bits per heavy atom. The molecule has 14 atom stereocenters. The van der Waals surface area contributed by atoms with Gasteiger partial charge >= 0.3 is 11.9 Å². The molecule has 8 bridgehead atoms. The van der Waals surface area contributed by atoms with Crippen molar-refractivity contribution in [2.75, 3.05) is 7.05 Å². The lowest BCUT2D eigenvalue weighted by atomic mass is 9.42. The molecule has 7 fully saturated rings. The number of aliphatic hydroxyl groups excluding tert-OH is 2. The first kappa shape index (κ1) is 26.4. The molecule has 2 aliphatic heterocycles. The van der Waals surface area contributed by atoms with E-state index >= 15 is 0 Å². The average molecular weight is 584 g/mol. The third-order valence-corrected chi connectivity index (χ3v) is 13.0. The quantitative estimate of drug-likeness (QED) is 0.417.